The Morgan fingerprint density at radius 2 is 2.06 bits per heavy atom. The molecule has 0 heterocycles. The van der Waals surface area contributed by atoms with Crippen LogP contribution in [0.25, 0.3) is 0 Å². The largest absolute Gasteiger partial charge is 0.399 e. The van der Waals surface area contributed by atoms with Gasteiger partial charge in [0.05, 0.1) is 0 Å². The van der Waals surface area contributed by atoms with E-state index in [0.717, 1.165) is 0 Å². The summed E-state index contributed by atoms with van der Waals surface area (Å²) in [5.74, 6) is -0.616. The fourth-order valence-corrected chi connectivity index (χ4v) is 3.21. The maximum absolute atomic E-state index is 12.1. The number of anilines is 1. The van der Waals surface area contributed by atoms with Crippen molar-refractivity contribution in [2.45, 2.75) is 17.5 Å². The van der Waals surface area contributed by atoms with Crippen LogP contribution in [0.3, 0.4) is 0 Å². The Labute approximate surface area is 109 Å². The second-order valence-electron chi connectivity index (χ2n) is 3.77. The summed E-state index contributed by atoms with van der Waals surface area (Å²) in [6, 6.07) is 6.26. The van der Waals surface area contributed by atoms with Gasteiger partial charge < -0.3 is 5.73 Å². The van der Waals surface area contributed by atoms with Gasteiger partial charge in [-0.2, -0.15) is 0 Å². The fraction of sp³-hybridized carbons (Fsp3) is 0.364. The highest BCUT2D eigenvalue weighted by Gasteiger charge is 2.42. The molecule has 4 nitrogen and oxygen atoms in total. The monoisotopic (exact) mass is 319 g/mol. The zero-order valence-corrected chi connectivity index (χ0v) is 12.0. The first-order chi connectivity index (χ1) is 7.72. The van der Waals surface area contributed by atoms with Crippen molar-refractivity contribution in [1.29, 1.82) is 0 Å². The molecule has 0 unspecified atom stereocenters. The van der Waals surface area contributed by atoms with E-state index in [1.165, 1.54) is 19.9 Å². The lowest BCUT2D eigenvalue weighted by atomic mass is 10.1. The fourth-order valence-electron chi connectivity index (χ4n) is 1.35. The molecule has 0 fully saturated rings. The number of benzene rings is 1. The van der Waals surface area contributed by atoms with Crippen molar-refractivity contribution >= 4 is 37.2 Å². The zero-order chi connectivity index (χ0) is 13.3. The van der Waals surface area contributed by atoms with Crippen LogP contribution in [0.15, 0.2) is 24.3 Å². The number of ketones is 1. The quantitative estimate of drug-likeness (QED) is 0.523. The maximum Gasteiger partial charge on any atom is 0.194 e. The predicted octanol–water partition coefficient (Wildman–Crippen LogP) is 2.00. The lowest BCUT2D eigenvalue weighted by Gasteiger charge is -2.20. The highest BCUT2D eigenvalue weighted by molar-refractivity contribution is 9.12. The third-order valence-electron chi connectivity index (χ3n) is 2.52. The first-order valence-electron chi connectivity index (χ1n) is 5.04. The number of carbonyl (C=O) groups excluding carboxylic acids is 1. The zero-order valence-electron chi connectivity index (χ0n) is 9.60. The van der Waals surface area contributed by atoms with Crippen LogP contribution in [-0.2, 0) is 9.84 Å². The van der Waals surface area contributed by atoms with Gasteiger partial charge in [0.1, 0.15) is 0 Å². The molecule has 0 aliphatic heterocycles. The van der Waals surface area contributed by atoms with Gasteiger partial charge in [-0.25, -0.2) is 8.42 Å². The smallest absolute Gasteiger partial charge is 0.194 e. The second-order valence-corrected chi connectivity index (χ2v) is 8.51. The molecule has 0 aliphatic rings. The van der Waals surface area contributed by atoms with Crippen molar-refractivity contribution in [3.05, 3.63) is 29.8 Å². The first-order valence-corrected chi connectivity index (χ1v) is 7.48. The van der Waals surface area contributed by atoms with E-state index in [9.17, 15) is 13.2 Å². The van der Waals surface area contributed by atoms with E-state index in [0.29, 0.717) is 5.69 Å². The number of alkyl halides is 1. The molecule has 2 N–H and O–H groups in total. The summed E-state index contributed by atoms with van der Waals surface area (Å²) in [6.07, 6.45) is 0. The van der Waals surface area contributed by atoms with Gasteiger partial charge in [-0.1, -0.05) is 35.0 Å². The molecule has 17 heavy (non-hydrogen) atoms. The van der Waals surface area contributed by atoms with Gasteiger partial charge in [-0.3, -0.25) is 4.79 Å². The molecule has 1 aromatic rings. The molecule has 0 bridgehead atoms. The standard InChI is InChI=1S/C11H14BrNO3S/c1-3-17(15,16)11(2,12)10(14)8-5-4-6-9(13)7-8/h4-7H,3,13H2,1-2H3/t11-/m1/s1. The Bertz CT molecular complexity index is 537. The SMILES string of the molecule is CCS(=O)(=O)[C@@](C)(Br)C(=O)c1cccc(N)c1. The summed E-state index contributed by atoms with van der Waals surface area (Å²) in [5, 5.41) is 0. The number of rotatable bonds is 4. The van der Waals surface area contributed by atoms with Crippen molar-refractivity contribution in [2.75, 3.05) is 11.5 Å². The van der Waals surface area contributed by atoms with E-state index in [1.807, 2.05) is 0 Å². The summed E-state index contributed by atoms with van der Waals surface area (Å²) >= 11 is 3.01. The number of hydrogen-bond acceptors (Lipinski definition) is 4. The van der Waals surface area contributed by atoms with Crippen molar-refractivity contribution in [1.82, 2.24) is 0 Å². The van der Waals surface area contributed by atoms with Crippen LogP contribution in [0.4, 0.5) is 5.69 Å². The number of carbonyl (C=O) groups is 1. The van der Waals surface area contributed by atoms with Crippen molar-refractivity contribution in [3.8, 4) is 0 Å². The van der Waals surface area contributed by atoms with Crippen LogP contribution in [0.5, 0.6) is 0 Å². The summed E-state index contributed by atoms with van der Waals surface area (Å²) in [5.41, 5.74) is 6.27. The van der Waals surface area contributed by atoms with Crippen molar-refractivity contribution < 1.29 is 13.2 Å². The molecule has 0 saturated heterocycles. The summed E-state index contributed by atoms with van der Waals surface area (Å²) < 4.78 is 22.0. The maximum atomic E-state index is 12.1. The highest BCUT2D eigenvalue weighted by atomic mass is 79.9. The first kappa shape index (κ1) is 14.2. The number of sulfone groups is 1. The summed E-state index contributed by atoms with van der Waals surface area (Å²) in [4.78, 5) is 12.1. The molecule has 0 aromatic heterocycles. The van der Waals surface area contributed by atoms with Gasteiger partial charge in [0.25, 0.3) is 0 Å². The van der Waals surface area contributed by atoms with E-state index in [2.05, 4.69) is 15.9 Å². The predicted molar refractivity (Wildman–Crippen MR) is 72.0 cm³/mol. The van der Waals surface area contributed by atoms with E-state index in [1.54, 1.807) is 18.2 Å². The third kappa shape index (κ3) is 2.69. The van der Waals surface area contributed by atoms with Gasteiger partial charge in [0.15, 0.2) is 19.3 Å². The molecule has 0 spiro atoms. The molecule has 1 aromatic carbocycles. The molecule has 1 atom stereocenters. The van der Waals surface area contributed by atoms with Gasteiger partial charge >= 0.3 is 0 Å². The van der Waals surface area contributed by atoms with Gasteiger partial charge in [-0.05, 0) is 19.1 Å². The summed E-state index contributed by atoms with van der Waals surface area (Å²) in [7, 11) is -3.53. The molecular weight excluding hydrogens is 306 g/mol. The van der Waals surface area contributed by atoms with E-state index in [-0.39, 0.29) is 11.3 Å². The van der Waals surface area contributed by atoms with Crippen LogP contribution in [0, 0.1) is 0 Å². The molecule has 1 rings (SSSR count). The lowest BCUT2D eigenvalue weighted by molar-refractivity contribution is 0.0983. The Morgan fingerprint density at radius 3 is 2.53 bits per heavy atom. The van der Waals surface area contributed by atoms with Crippen molar-refractivity contribution in [2.24, 2.45) is 0 Å². The molecule has 0 radical (unpaired) electrons. The Balaban J connectivity index is 3.23. The topological polar surface area (TPSA) is 77.2 Å². The van der Waals surface area contributed by atoms with Crippen LogP contribution in [0.2, 0.25) is 0 Å². The Morgan fingerprint density at radius 1 is 1.47 bits per heavy atom. The van der Waals surface area contributed by atoms with Gasteiger partial charge in [0, 0.05) is 17.0 Å². The lowest BCUT2D eigenvalue weighted by Crippen LogP contribution is -2.38. The molecule has 6 heteroatoms. The van der Waals surface area contributed by atoms with Crippen LogP contribution in [0.1, 0.15) is 24.2 Å². The number of nitrogens with two attached hydrogens (primary N) is 1. The molecule has 0 aliphatic carbocycles. The number of Topliss-reactive ketones (excluding diaryl/α,β-unsaturated/α-hetero) is 1. The van der Waals surface area contributed by atoms with E-state index < -0.39 is 19.3 Å². The van der Waals surface area contributed by atoms with E-state index in [4.69, 9.17) is 5.73 Å². The van der Waals surface area contributed by atoms with Crippen LogP contribution < -0.4 is 5.73 Å². The minimum Gasteiger partial charge on any atom is -0.399 e. The number of halogens is 1. The highest BCUT2D eigenvalue weighted by Crippen LogP contribution is 2.30. The van der Waals surface area contributed by atoms with Crippen LogP contribution >= 0.6 is 15.9 Å². The van der Waals surface area contributed by atoms with E-state index >= 15 is 0 Å². The molecular formula is C11H14BrNO3S. The third-order valence-corrected chi connectivity index (χ3v) is 6.47. The average molecular weight is 320 g/mol. The molecule has 94 valence electrons. The molecule has 0 saturated carbocycles. The number of nitrogen functional groups attached to an aromatic ring is 1. The minimum atomic E-state index is -3.53. The second kappa shape index (κ2) is 4.78. The van der Waals surface area contributed by atoms with Crippen LogP contribution in [-0.4, -0.2) is 23.6 Å². The molecule has 0 amide bonds. The Kier molecular flexibility index (Phi) is 3.99. The van der Waals surface area contributed by atoms with Gasteiger partial charge in [0.2, 0.25) is 0 Å². The van der Waals surface area contributed by atoms with Gasteiger partial charge in [-0.15, -0.1) is 0 Å². The normalized spacial score (nSPS) is 15.2. The Hall–Kier alpha value is -0.880. The average Bonchev–Trinajstić information content (AvgIpc) is 2.27. The minimum absolute atomic E-state index is 0.108. The summed E-state index contributed by atoms with van der Waals surface area (Å²) in [6.45, 7) is 2.85. The van der Waals surface area contributed by atoms with Crippen molar-refractivity contribution in [3.63, 3.8) is 0 Å². The number of hydrogen-bond donors (Lipinski definition) is 1.